The van der Waals surface area contributed by atoms with Crippen molar-refractivity contribution in [2.24, 2.45) is 0 Å². The Kier molecular flexibility index (Phi) is 318. The van der Waals surface area contributed by atoms with Gasteiger partial charge < -0.3 is 172 Å². The van der Waals surface area contributed by atoms with Crippen LogP contribution in [0.1, 0.15) is 0 Å². The quantitative estimate of drug-likeness (QED) is 0.0188. The Bertz CT molecular complexity index is 2500. The molecule has 0 aromatic heterocycles. The van der Waals surface area contributed by atoms with Crippen molar-refractivity contribution in [3.8, 4) is 0 Å². The third-order valence-corrected chi connectivity index (χ3v) is 17.7. The van der Waals surface area contributed by atoms with Gasteiger partial charge in [0.05, 0.1) is 13.2 Å². The van der Waals surface area contributed by atoms with Gasteiger partial charge in [0.25, 0.3) is 0 Å². The predicted molar refractivity (Wildman–Crippen MR) is 360 cm³/mol. The number of hydrogen-bond acceptors (Lipinski definition) is 51. The van der Waals surface area contributed by atoms with E-state index in [4.69, 9.17) is 119 Å². The minimum absolute atomic E-state index is 0. The lowest BCUT2D eigenvalue weighted by Gasteiger charge is -2.46. The van der Waals surface area contributed by atoms with Crippen molar-refractivity contribution < 1.29 is 356 Å². The van der Waals surface area contributed by atoms with Crippen LogP contribution in [0.3, 0.4) is 0 Å². The molecule has 40 radical (unpaired) electrons. The molecule has 2 fully saturated rings. The number of hydrogen-bond donors (Lipinski definition) is 16. The van der Waals surface area contributed by atoms with Crippen LogP contribution in [0.5, 0.6) is 0 Å². The fourth-order valence-corrected chi connectivity index (χ4v) is 9.37. The SMILES string of the molecule is O.O.O.O.O.O.O.O.O.O.O.O.O.O.O.O.O.O.O.O.O.O.O.O.O=S(=O)([O][Al])OC[C@H]1O[C@@](COS(=O)(=O)[O][Al])(O[C@H]2O[C@H](COS(=O)(=O)[O][Al])[C@@H](OS(=O)(=O)[O][Al])[C@H](OS(=O)(=O)[O][Al])[C@H]2OS(=O)(=O)[O][Al])[C@@H](OS(=O)(=O)[O][Al])[C@@H]1OS(=O)(=O)[O][Al].OO.OO.OO.OO.OO.OO.OO.OO.[Al].[Al].[Al].[Al].[Al].[Al].[Al].[Al]. The van der Waals surface area contributed by atoms with Crippen LogP contribution < -0.4 is 0 Å². The molecule has 9 atom stereocenters. The molecule has 0 unspecified atom stereocenters. The second-order valence-corrected chi connectivity index (χ2v) is 24.6. The molecule has 0 aromatic carbocycles. The van der Waals surface area contributed by atoms with Gasteiger partial charge in [0, 0.05) is 139 Å². The van der Waals surface area contributed by atoms with E-state index in [0.717, 1.165) is 99.7 Å². The number of rotatable bonds is 29. The lowest BCUT2D eigenvalue weighted by Crippen LogP contribution is -2.66. The summed E-state index contributed by atoms with van der Waals surface area (Å²) in [6, 6.07) is 0. The molecule has 2 saturated heterocycles. The highest BCUT2D eigenvalue weighted by Crippen LogP contribution is 2.43. The summed E-state index contributed by atoms with van der Waals surface area (Å²) in [6.07, 6.45) is -23.4. The Morgan fingerprint density at radius 2 is 0.441 bits per heavy atom. The molecule has 2 heterocycles. The molecular formula is C12H78Al16O75S8. The van der Waals surface area contributed by atoms with E-state index in [1.807, 2.05) is 0 Å². The molecule has 0 bridgehead atoms. The molecule has 0 amide bonds. The van der Waals surface area contributed by atoms with Crippen molar-refractivity contribution in [2.75, 3.05) is 19.8 Å². The van der Waals surface area contributed by atoms with Crippen LogP contribution in [0, 0.1) is 0 Å². The summed E-state index contributed by atoms with van der Waals surface area (Å²) in [5.74, 6) is -3.80. The molecule has 99 heteroatoms. The van der Waals surface area contributed by atoms with Crippen molar-refractivity contribution in [3.05, 3.63) is 0 Å². The summed E-state index contributed by atoms with van der Waals surface area (Å²) in [6.45, 7) is -5.31. The topological polar surface area (TPSA) is 1530 Å². The molecule has 2 aliphatic heterocycles. The maximum Gasteiger partial charge on any atom is 0.408 e. The van der Waals surface area contributed by atoms with Gasteiger partial charge >= 0.3 is 216 Å². The first-order valence-electron chi connectivity index (χ1n) is 15.7. The van der Waals surface area contributed by atoms with Crippen molar-refractivity contribution in [3.63, 3.8) is 0 Å². The van der Waals surface area contributed by atoms with Gasteiger partial charge in [-0.25, -0.2) is 33.5 Å². The second kappa shape index (κ2) is 136. The van der Waals surface area contributed by atoms with Gasteiger partial charge in [-0.1, -0.05) is 0 Å². The monoisotopic (exact) mass is 2110 g/mol. The van der Waals surface area contributed by atoms with E-state index in [0.29, 0.717) is 0 Å². The van der Waals surface area contributed by atoms with E-state index >= 15 is 0 Å². The van der Waals surface area contributed by atoms with E-state index in [1.165, 1.54) is 33.2 Å². The summed E-state index contributed by atoms with van der Waals surface area (Å²) < 4.78 is 288. The lowest BCUT2D eigenvalue weighted by atomic mass is 9.99. The summed E-state index contributed by atoms with van der Waals surface area (Å²) in [7, 11) is -43.7. The van der Waals surface area contributed by atoms with Crippen LogP contribution >= 0.6 is 0 Å². The molecule has 64 N–H and O–H groups in total. The average molecular weight is 2110 g/mol. The predicted octanol–water partition coefficient (Wildman–Crippen LogP) is -33.1. The first kappa shape index (κ1) is 259. The molecule has 111 heavy (non-hydrogen) atoms. The van der Waals surface area contributed by atoms with E-state index in [2.05, 4.69) is 38.4 Å². The molecule has 0 spiro atoms. The fraction of sp³-hybridized carbons (Fsp3) is 1.00. The summed E-state index contributed by atoms with van der Waals surface area (Å²) in [5, 5.41) is 96.0. The van der Waals surface area contributed by atoms with Crippen molar-refractivity contribution in [1.82, 2.24) is 0 Å². The van der Waals surface area contributed by atoms with E-state index < -0.39 is 158 Å². The smallest absolute Gasteiger partial charge is 0.408 e. The molecule has 2 aliphatic rings. The zero-order chi connectivity index (χ0) is 64.7. The molecule has 75 nitrogen and oxygen atoms in total. The van der Waals surface area contributed by atoms with Crippen molar-refractivity contribution in [1.29, 1.82) is 0 Å². The molecule has 0 saturated carbocycles. The van der Waals surface area contributed by atoms with Gasteiger partial charge in [0.2, 0.25) is 5.79 Å². The van der Waals surface area contributed by atoms with Gasteiger partial charge in [-0.05, 0) is 0 Å². The maximum atomic E-state index is 12.9. The van der Waals surface area contributed by atoms with Crippen LogP contribution in [0.4, 0.5) is 0 Å². The standard InChI is InChI=1S/C12H22O35S8.16Al.8H2O2.24H2O/c13-48(14,15)37-1-4-6(43-51(22,23)24)8(45-53(28,29)30)9(46-54(31,32)33)11(40-4)42-12(3-39-50(19,20)21)10(47-55(34,35)36)7(44-52(25,26)27)5(41-12)2-38-49(16,17)18;;;;;;;;;;;;;;;;;8*1-2;;;;;;;;;;;;;;;;;;;;;;;;/h4-11H,1-3H2,(H,13,14,15)(H,16,17,18)(H,19,20,21)(H,22,23,24)(H,25,26,27)(H,28,29,30)(H,31,32,33)(H,34,35,36);;;;;;;;;;;;;;;;;8*1-2H;24*1H2/q;;;;;;;;;8*+1;;;;;;;;;;;;;;;;;;;;;;;;;;;;;;;;/p-8/t4-,5-,6-,7-,8+,9-,10+,11-,12+;;;;;;;;;;;;;;;;;;;;;;;;;;;;;;;;;;;;;;;;;;;;;;;;/m1................................................/s1. The zero-order valence-electron chi connectivity index (χ0n) is 53.2. The highest BCUT2D eigenvalue weighted by molar-refractivity contribution is 7.84. The Hall–Kier alpha value is 5.76. The highest BCUT2D eigenvalue weighted by Gasteiger charge is 2.65. The van der Waals surface area contributed by atoms with Crippen LogP contribution in [-0.4, -0.2) is 629 Å². The largest absolute Gasteiger partial charge is 0.412 e. The Morgan fingerprint density at radius 1 is 0.252 bits per heavy atom. The molecule has 0 aliphatic carbocycles. The summed E-state index contributed by atoms with van der Waals surface area (Å²) in [5.41, 5.74) is 0. The molecule has 672 valence electrons. The van der Waals surface area contributed by atoms with Crippen LogP contribution in [0.15, 0.2) is 0 Å². The Labute approximate surface area is 777 Å². The first-order chi connectivity index (χ1) is 36.7. The Balaban J connectivity index is -0.0000000274. The van der Waals surface area contributed by atoms with E-state index in [9.17, 15) is 67.3 Å². The van der Waals surface area contributed by atoms with E-state index in [1.54, 1.807) is 0 Å². The molecule has 0 aromatic rings. The van der Waals surface area contributed by atoms with Crippen LogP contribution in [-0.2, 0) is 157 Å². The summed E-state index contributed by atoms with van der Waals surface area (Å²) in [4.78, 5) is 0. The second-order valence-electron chi connectivity index (χ2n) is 10.3. The third-order valence-electron chi connectivity index (χ3n) is 6.59. The van der Waals surface area contributed by atoms with E-state index in [-0.39, 0.29) is 270 Å². The van der Waals surface area contributed by atoms with Crippen LogP contribution in [0.25, 0.3) is 0 Å². The van der Waals surface area contributed by atoms with Crippen LogP contribution in [0.2, 0.25) is 0 Å². The Morgan fingerprint density at radius 3 is 0.676 bits per heavy atom. The number of ether oxygens (including phenoxy) is 3. The van der Waals surface area contributed by atoms with Gasteiger partial charge in [-0.3, -0.25) is 84.1 Å². The third kappa shape index (κ3) is 108. The maximum absolute atomic E-state index is 12.9. The normalized spacial score (nSPS) is 16.4. The van der Waals surface area contributed by atoms with Crippen molar-refractivity contribution >= 4 is 355 Å². The lowest BCUT2D eigenvalue weighted by molar-refractivity contribution is -0.374. The molecule has 2 rings (SSSR count). The fourth-order valence-electron chi connectivity index (χ4n) is 4.41. The van der Waals surface area contributed by atoms with Gasteiger partial charge in [0.1, 0.15) is 37.1 Å². The minimum Gasteiger partial charge on any atom is -0.412 e. The minimum atomic E-state index is -5.67. The van der Waals surface area contributed by atoms with Gasteiger partial charge in [-0.15, -0.1) is 0 Å². The molecular weight excluding hydrogens is 2030 g/mol. The zero-order valence-corrected chi connectivity index (χ0v) is 78.2. The summed E-state index contributed by atoms with van der Waals surface area (Å²) >= 11 is 9.26. The van der Waals surface area contributed by atoms with Crippen molar-refractivity contribution in [2.45, 2.75) is 54.8 Å². The van der Waals surface area contributed by atoms with Gasteiger partial charge in [0.15, 0.2) is 18.5 Å². The highest BCUT2D eigenvalue weighted by atomic mass is 32.3. The average Bonchev–Trinajstić information content (AvgIpc) is 3.71. The first-order valence-corrected chi connectivity index (χ1v) is 30.1. The van der Waals surface area contributed by atoms with Gasteiger partial charge in [-0.2, -0.15) is 67.3 Å².